The van der Waals surface area contributed by atoms with Gasteiger partial charge in [0.05, 0.1) is 18.9 Å². The van der Waals surface area contributed by atoms with E-state index in [1.54, 1.807) is 22.8 Å². The Morgan fingerprint density at radius 2 is 2.35 bits per heavy atom. The third kappa shape index (κ3) is 2.30. The fourth-order valence-corrected chi connectivity index (χ4v) is 2.23. The van der Waals surface area contributed by atoms with Gasteiger partial charge in [0.2, 0.25) is 0 Å². The molecule has 1 amide bonds. The van der Waals surface area contributed by atoms with Gasteiger partial charge in [-0.15, -0.1) is 0 Å². The average Bonchev–Trinajstić information content (AvgIpc) is 2.85. The first-order chi connectivity index (χ1) is 8.09. The van der Waals surface area contributed by atoms with Crippen molar-refractivity contribution >= 4 is 11.9 Å². The van der Waals surface area contributed by atoms with Crippen LogP contribution in [0.2, 0.25) is 0 Å². The SMILES string of the molecule is Cn1cncc1C(=O)N1CCCC1CC(=O)O. The third-order valence-electron chi connectivity index (χ3n) is 3.08. The van der Waals surface area contributed by atoms with E-state index in [-0.39, 0.29) is 18.4 Å². The smallest absolute Gasteiger partial charge is 0.305 e. The van der Waals surface area contributed by atoms with Crippen molar-refractivity contribution in [3.63, 3.8) is 0 Å². The second kappa shape index (κ2) is 4.57. The number of imidazole rings is 1. The number of rotatable bonds is 3. The van der Waals surface area contributed by atoms with Crippen LogP contribution in [-0.4, -0.2) is 44.0 Å². The van der Waals surface area contributed by atoms with Crippen LogP contribution in [0.5, 0.6) is 0 Å². The summed E-state index contributed by atoms with van der Waals surface area (Å²) in [4.78, 5) is 28.5. The number of aryl methyl sites for hydroxylation is 1. The van der Waals surface area contributed by atoms with Gasteiger partial charge in [0.1, 0.15) is 5.69 Å². The van der Waals surface area contributed by atoms with E-state index in [1.807, 2.05) is 0 Å². The molecule has 1 atom stereocenters. The maximum Gasteiger partial charge on any atom is 0.305 e. The van der Waals surface area contributed by atoms with Crippen LogP contribution < -0.4 is 0 Å². The number of carboxylic acid groups (broad SMARTS) is 1. The number of amides is 1. The van der Waals surface area contributed by atoms with Gasteiger partial charge < -0.3 is 14.6 Å². The average molecular weight is 237 g/mol. The molecule has 1 aliphatic heterocycles. The summed E-state index contributed by atoms with van der Waals surface area (Å²) in [5.41, 5.74) is 0.502. The summed E-state index contributed by atoms with van der Waals surface area (Å²) in [7, 11) is 1.75. The summed E-state index contributed by atoms with van der Waals surface area (Å²) in [6, 6.07) is -0.185. The predicted octanol–water partition coefficient (Wildman–Crippen LogP) is 0.499. The summed E-state index contributed by atoms with van der Waals surface area (Å²) >= 11 is 0. The summed E-state index contributed by atoms with van der Waals surface area (Å²) < 4.78 is 1.65. The van der Waals surface area contributed by atoms with Crippen molar-refractivity contribution in [1.29, 1.82) is 0 Å². The Balaban J connectivity index is 2.14. The van der Waals surface area contributed by atoms with Gasteiger partial charge in [-0.2, -0.15) is 0 Å². The number of nitrogens with zero attached hydrogens (tertiary/aromatic N) is 3. The highest BCUT2D eigenvalue weighted by atomic mass is 16.4. The number of carbonyl (C=O) groups is 2. The molecule has 6 nitrogen and oxygen atoms in total. The van der Waals surface area contributed by atoms with Crippen molar-refractivity contribution in [2.45, 2.75) is 25.3 Å². The number of aromatic nitrogens is 2. The van der Waals surface area contributed by atoms with E-state index in [9.17, 15) is 9.59 Å². The summed E-state index contributed by atoms with van der Waals surface area (Å²) in [6.07, 6.45) is 4.72. The Labute approximate surface area is 98.9 Å². The maximum atomic E-state index is 12.2. The standard InChI is InChI=1S/C11H15N3O3/c1-13-7-12-6-9(13)11(17)14-4-2-3-8(14)5-10(15)16/h6-8H,2-5H2,1H3,(H,15,16). The molecule has 0 bridgehead atoms. The van der Waals surface area contributed by atoms with E-state index in [2.05, 4.69) is 4.98 Å². The van der Waals surface area contributed by atoms with Crippen LogP contribution in [0, 0.1) is 0 Å². The Morgan fingerprint density at radius 3 is 2.94 bits per heavy atom. The summed E-state index contributed by atoms with van der Waals surface area (Å²) in [6.45, 7) is 0.627. The molecule has 1 aromatic heterocycles. The van der Waals surface area contributed by atoms with Crippen LogP contribution in [0.25, 0.3) is 0 Å². The Bertz CT molecular complexity index is 441. The zero-order chi connectivity index (χ0) is 12.4. The number of hydrogen-bond acceptors (Lipinski definition) is 3. The lowest BCUT2D eigenvalue weighted by molar-refractivity contribution is -0.137. The molecule has 0 saturated carbocycles. The fraction of sp³-hybridized carbons (Fsp3) is 0.545. The van der Waals surface area contributed by atoms with Crippen LogP contribution in [0.3, 0.4) is 0 Å². The normalized spacial score (nSPS) is 19.6. The molecule has 1 aromatic rings. The molecular weight excluding hydrogens is 222 g/mol. The zero-order valence-corrected chi connectivity index (χ0v) is 9.67. The first-order valence-corrected chi connectivity index (χ1v) is 5.58. The van der Waals surface area contributed by atoms with Crippen LogP contribution in [-0.2, 0) is 11.8 Å². The number of likely N-dealkylation sites (tertiary alicyclic amines) is 1. The number of carboxylic acids is 1. The molecule has 1 N–H and O–H groups in total. The molecule has 2 heterocycles. The van der Waals surface area contributed by atoms with Gasteiger partial charge in [0.15, 0.2) is 0 Å². The van der Waals surface area contributed by atoms with Gasteiger partial charge in [-0.1, -0.05) is 0 Å². The van der Waals surface area contributed by atoms with Crippen LogP contribution in [0.1, 0.15) is 29.8 Å². The summed E-state index contributed by atoms with van der Waals surface area (Å²) in [5, 5.41) is 8.80. The summed E-state index contributed by atoms with van der Waals surface area (Å²) in [5.74, 6) is -0.992. The van der Waals surface area contributed by atoms with Crippen molar-refractivity contribution in [2.24, 2.45) is 7.05 Å². The van der Waals surface area contributed by atoms with Gasteiger partial charge in [-0.05, 0) is 12.8 Å². The van der Waals surface area contributed by atoms with Gasteiger partial charge >= 0.3 is 5.97 Å². The number of carbonyl (C=O) groups excluding carboxylic acids is 1. The molecule has 1 saturated heterocycles. The second-order valence-corrected chi connectivity index (χ2v) is 4.28. The quantitative estimate of drug-likeness (QED) is 0.830. The highest BCUT2D eigenvalue weighted by Gasteiger charge is 2.31. The second-order valence-electron chi connectivity index (χ2n) is 4.28. The maximum absolute atomic E-state index is 12.2. The monoisotopic (exact) mass is 237 g/mol. The molecule has 6 heteroatoms. The van der Waals surface area contributed by atoms with Gasteiger partial charge in [0, 0.05) is 19.6 Å². The lowest BCUT2D eigenvalue weighted by Gasteiger charge is -2.23. The minimum atomic E-state index is -0.861. The van der Waals surface area contributed by atoms with E-state index < -0.39 is 5.97 Å². The largest absolute Gasteiger partial charge is 0.481 e. The van der Waals surface area contributed by atoms with Crippen molar-refractivity contribution in [1.82, 2.24) is 14.5 Å². The highest BCUT2D eigenvalue weighted by Crippen LogP contribution is 2.22. The van der Waals surface area contributed by atoms with Crippen molar-refractivity contribution < 1.29 is 14.7 Å². The van der Waals surface area contributed by atoms with E-state index in [0.717, 1.165) is 12.8 Å². The Hall–Kier alpha value is -1.85. The molecule has 1 aliphatic rings. The minimum Gasteiger partial charge on any atom is -0.481 e. The lowest BCUT2D eigenvalue weighted by atomic mass is 10.1. The number of hydrogen-bond donors (Lipinski definition) is 1. The van der Waals surface area contributed by atoms with Crippen LogP contribution in [0.15, 0.2) is 12.5 Å². The molecule has 2 rings (SSSR count). The minimum absolute atomic E-state index is 0.0175. The van der Waals surface area contributed by atoms with Gasteiger partial charge in [-0.25, -0.2) is 4.98 Å². The molecule has 0 aromatic carbocycles. The number of aliphatic carboxylic acids is 1. The molecule has 0 radical (unpaired) electrons. The van der Waals surface area contributed by atoms with Crippen molar-refractivity contribution in [3.8, 4) is 0 Å². The van der Waals surface area contributed by atoms with E-state index in [1.165, 1.54) is 6.20 Å². The predicted molar refractivity (Wildman–Crippen MR) is 59.5 cm³/mol. The topological polar surface area (TPSA) is 75.4 Å². The molecular formula is C11H15N3O3. The van der Waals surface area contributed by atoms with E-state index in [0.29, 0.717) is 12.2 Å². The highest BCUT2D eigenvalue weighted by molar-refractivity contribution is 5.93. The molecule has 17 heavy (non-hydrogen) atoms. The molecule has 92 valence electrons. The Morgan fingerprint density at radius 1 is 1.59 bits per heavy atom. The fourth-order valence-electron chi connectivity index (χ4n) is 2.23. The van der Waals surface area contributed by atoms with Gasteiger partial charge in [-0.3, -0.25) is 9.59 Å². The molecule has 1 unspecified atom stereocenters. The van der Waals surface area contributed by atoms with E-state index >= 15 is 0 Å². The van der Waals surface area contributed by atoms with Crippen LogP contribution in [0.4, 0.5) is 0 Å². The van der Waals surface area contributed by atoms with Crippen molar-refractivity contribution in [2.75, 3.05) is 6.54 Å². The zero-order valence-electron chi connectivity index (χ0n) is 9.67. The molecule has 0 spiro atoms. The third-order valence-corrected chi connectivity index (χ3v) is 3.08. The lowest BCUT2D eigenvalue weighted by Crippen LogP contribution is -2.37. The van der Waals surface area contributed by atoms with Crippen LogP contribution >= 0.6 is 0 Å². The Kier molecular flexibility index (Phi) is 3.12. The van der Waals surface area contributed by atoms with Gasteiger partial charge in [0.25, 0.3) is 5.91 Å². The molecule has 1 fully saturated rings. The first kappa shape index (κ1) is 11.6. The molecule has 0 aliphatic carbocycles. The van der Waals surface area contributed by atoms with Crippen molar-refractivity contribution in [3.05, 3.63) is 18.2 Å². The van der Waals surface area contributed by atoms with E-state index in [4.69, 9.17) is 5.11 Å². The first-order valence-electron chi connectivity index (χ1n) is 5.58.